The number of hydrogen-bond acceptors (Lipinski definition) is 6. The summed E-state index contributed by atoms with van der Waals surface area (Å²) in [6.45, 7) is 4.49. The third kappa shape index (κ3) is 4.70. The summed E-state index contributed by atoms with van der Waals surface area (Å²) < 4.78 is 0. The van der Waals surface area contributed by atoms with Crippen LogP contribution >= 0.6 is 11.6 Å². The van der Waals surface area contributed by atoms with Crippen LogP contribution in [-0.4, -0.2) is 60.6 Å². The maximum absolute atomic E-state index is 5.85. The van der Waals surface area contributed by atoms with Gasteiger partial charge in [0.2, 0.25) is 17.2 Å². The normalized spacial score (nSPS) is 10.7. The highest BCUT2D eigenvalue weighted by atomic mass is 35.5. The van der Waals surface area contributed by atoms with Gasteiger partial charge < -0.3 is 15.1 Å². The summed E-state index contributed by atoms with van der Waals surface area (Å²) in [5.41, 5.74) is 0. The van der Waals surface area contributed by atoms with Crippen molar-refractivity contribution in [1.29, 1.82) is 0 Å². The Bertz CT molecular complexity index is 357. The molecule has 0 fully saturated rings. The molecule has 1 rings (SSSR count). The van der Waals surface area contributed by atoms with E-state index < -0.39 is 0 Å². The fraction of sp³-hybridized carbons (Fsp3) is 0.700. The number of nitrogens with one attached hydrogen (secondary N) is 1. The van der Waals surface area contributed by atoms with Gasteiger partial charge >= 0.3 is 0 Å². The lowest BCUT2D eigenvalue weighted by Crippen LogP contribution is -2.30. The fourth-order valence-electron chi connectivity index (χ4n) is 1.20. The number of likely N-dealkylation sites (N-methyl/N-ethyl adjacent to an activating group) is 2. The molecule has 0 atom stereocenters. The Labute approximate surface area is 107 Å². The van der Waals surface area contributed by atoms with E-state index in [1.165, 1.54) is 0 Å². The minimum atomic E-state index is 0.211. The van der Waals surface area contributed by atoms with E-state index in [2.05, 4.69) is 25.2 Å². The Morgan fingerprint density at radius 1 is 1.12 bits per heavy atom. The first-order chi connectivity index (χ1) is 8.02. The zero-order valence-electron chi connectivity index (χ0n) is 10.7. The van der Waals surface area contributed by atoms with Crippen molar-refractivity contribution in [3.63, 3.8) is 0 Å². The summed E-state index contributed by atoms with van der Waals surface area (Å²) in [6.07, 6.45) is 0. The van der Waals surface area contributed by atoms with Crippen molar-refractivity contribution < 1.29 is 0 Å². The smallest absolute Gasteiger partial charge is 0.231 e. The molecule has 0 aliphatic carbocycles. The van der Waals surface area contributed by atoms with Gasteiger partial charge in [0.1, 0.15) is 0 Å². The fourth-order valence-corrected chi connectivity index (χ4v) is 1.35. The predicted molar refractivity (Wildman–Crippen MR) is 70.8 cm³/mol. The van der Waals surface area contributed by atoms with Crippen molar-refractivity contribution in [2.24, 2.45) is 0 Å². The molecule has 0 spiro atoms. The Balaban J connectivity index is 2.74. The monoisotopic (exact) mass is 258 g/mol. The molecule has 0 amide bonds. The maximum atomic E-state index is 5.85. The van der Waals surface area contributed by atoms with Gasteiger partial charge in [0.05, 0.1) is 0 Å². The molecule has 1 heterocycles. The number of hydrogen-bond donors (Lipinski definition) is 1. The summed E-state index contributed by atoms with van der Waals surface area (Å²) in [6, 6.07) is 0. The van der Waals surface area contributed by atoms with E-state index in [1.807, 2.05) is 33.0 Å². The zero-order chi connectivity index (χ0) is 12.8. The van der Waals surface area contributed by atoms with Crippen molar-refractivity contribution in [2.75, 3.05) is 51.0 Å². The molecule has 0 aliphatic heterocycles. The van der Waals surface area contributed by atoms with Crippen LogP contribution in [0.4, 0.5) is 11.9 Å². The number of rotatable bonds is 6. The molecular formula is C10H19ClN6. The van der Waals surface area contributed by atoms with Crippen LogP contribution in [0.5, 0.6) is 0 Å². The first kappa shape index (κ1) is 13.9. The van der Waals surface area contributed by atoms with Crippen LogP contribution in [0.1, 0.15) is 6.92 Å². The Morgan fingerprint density at radius 3 is 2.41 bits per heavy atom. The van der Waals surface area contributed by atoms with E-state index in [1.54, 1.807) is 0 Å². The Kier molecular flexibility index (Phi) is 5.37. The van der Waals surface area contributed by atoms with Gasteiger partial charge in [-0.25, -0.2) is 0 Å². The van der Waals surface area contributed by atoms with Gasteiger partial charge in [-0.1, -0.05) is 0 Å². The topological polar surface area (TPSA) is 57.2 Å². The highest BCUT2D eigenvalue weighted by Crippen LogP contribution is 2.12. The van der Waals surface area contributed by atoms with Crippen molar-refractivity contribution >= 4 is 23.5 Å². The largest absolute Gasteiger partial charge is 0.354 e. The zero-order valence-corrected chi connectivity index (χ0v) is 11.5. The molecule has 0 saturated heterocycles. The molecule has 0 aliphatic rings. The van der Waals surface area contributed by atoms with Crippen LogP contribution < -0.4 is 10.2 Å². The number of anilines is 2. The average molecular weight is 259 g/mol. The molecule has 1 aromatic heterocycles. The maximum Gasteiger partial charge on any atom is 0.231 e. The second-order valence-electron chi connectivity index (χ2n) is 3.98. The van der Waals surface area contributed by atoms with Crippen LogP contribution in [0.25, 0.3) is 0 Å². The first-order valence-corrected chi connectivity index (χ1v) is 5.92. The van der Waals surface area contributed by atoms with Gasteiger partial charge in [-0.15, -0.1) is 0 Å². The van der Waals surface area contributed by atoms with Crippen molar-refractivity contribution in [2.45, 2.75) is 6.92 Å². The molecule has 7 heteroatoms. The van der Waals surface area contributed by atoms with Crippen LogP contribution in [0.15, 0.2) is 0 Å². The van der Waals surface area contributed by atoms with Crippen LogP contribution in [0.2, 0.25) is 5.28 Å². The van der Waals surface area contributed by atoms with Gasteiger partial charge in [0.15, 0.2) is 0 Å². The molecule has 1 N–H and O–H groups in total. The predicted octanol–water partition coefficient (Wildman–Crippen LogP) is 0.955. The molecule has 6 nitrogen and oxygen atoms in total. The van der Waals surface area contributed by atoms with E-state index in [-0.39, 0.29) is 5.28 Å². The Morgan fingerprint density at radius 2 is 1.82 bits per heavy atom. The van der Waals surface area contributed by atoms with Gasteiger partial charge in [0, 0.05) is 26.7 Å². The van der Waals surface area contributed by atoms with Gasteiger partial charge in [0.25, 0.3) is 0 Å². The van der Waals surface area contributed by atoms with Gasteiger partial charge in [-0.2, -0.15) is 15.0 Å². The minimum Gasteiger partial charge on any atom is -0.354 e. The summed E-state index contributed by atoms with van der Waals surface area (Å²) in [5, 5.41) is 3.24. The van der Waals surface area contributed by atoms with E-state index in [0.29, 0.717) is 11.9 Å². The Hall–Kier alpha value is -1.14. The molecule has 0 aromatic carbocycles. The second kappa shape index (κ2) is 6.56. The van der Waals surface area contributed by atoms with Crippen molar-refractivity contribution in [3.8, 4) is 0 Å². The summed E-state index contributed by atoms with van der Waals surface area (Å²) >= 11 is 5.85. The lowest BCUT2D eigenvalue weighted by atomic mass is 10.5. The summed E-state index contributed by atoms with van der Waals surface area (Å²) in [5.74, 6) is 1.10. The molecule has 0 unspecified atom stereocenters. The lowest BCUT2D eigenvalue weighted by Gasteiger charge is -2.19. The molecule has 0 bridgehead atoms. The molecular weight excluding hydrogens is 240 g/mol. The summed E-state index contributed by atoms with van der Waals surface area (Å²) in [4.78, 5) is 16.4. The van der Waals surface area contributed by atoms with E-state index >= 15 is 0 Å². The molecule has 1 aromatic rings. The highest BCUT2D eigenvalue weighted by Gasteiger charge is 2.08. The van der Waals surface area contributed by atoms with Crippen LogP contribution in [-0.2, 0) is 0 Å². The van der Waals surface area contributed by atoms with Crippen molar-refractivity contribution in [3.05, 3.63) is 5.28 Å². The summed E-state index contributed by atoms with van der Waals surface area (Å²) in [7, 11) is 5.99. The third-order valence-electron chi connectivity index (χ3n) is 2.16. The highest BCUT2D eigenvalue weighted by molar-refractivity contribution is 6.28. The van der Waals surface area contributed by atoms with Crippen molar-refractivity contribution in [1.82, 2.24) is 19.9 Å². The van der Waals surface area contributed by atoms with E-state index in [9.17, 15) is 0 Å². The van der Waals surface area contributed by atoms with E-state index in [0.717, 1.165) is 19.6 Å². The first-order valence-electron chi connectivity index (χ1n) is 5.54. The average Bonchev–Trinajstić information content (AvgIpc) is 2.25. The standard InChI is InChI=1S/C10H19ClN6/c1-5-12-9-13-8(11)14-10(15-9)17(4)7-6-16(2)3/h5-7H2,1-4H3,(H,12,13,14,15). The molecule has 0 saturated carbocycles. The van der Waals surface area contributed by atoms with Crippen LogP contribution in [0.3, 0.4) is 0 Å². The SMILES string of the molecule is CCNc1nc(Cl)nc(N(C)CCN(C)C)n1. The lowest BCUT2D eigenvalue weighted by molar-refractivity contribution is 0.415. The minimum absolute atomic E-state index is 0.211. The number of halogens is 1. The molecule has 17 heavy (non-hydrogen) atoms. The molecule has 0 radical (unpaired) electrons. The van der Waals surface area contributed by atoms with E-state index in [4.69, 9.17) is 11.6 Å². The quantitative estimate of drug-likeness (QED) is 0.820. The van der Waals surface area contributed by atoms with Gasteiger partial charge in [-0.3, -0.25) is 0 Å². The van der Waals surface area contributed by atoms with Gasteiger partial charge in [-0.05, 0) is 32.6 Å². The number of nitrogens with zero attached hydrogens (tertiary/aromatic N) is 5. The number of aromatic nitrogens is 3. The second-order valence-corrected chi connectivity index (χ2v) is 4.32. The van der Waals surface area contributed by atoms with Crippen LogP contribution in [0, 0.1) is 0 Å². The molecule has 96 valence electrons. The third-order valence-corrected chi connectivity index (χ3v) is 2.32.